The summed E-state index contributed by atoms with van der Waals surface area (Å²) in [7, 11) is -3.54. The molecule has 15 heteroatoms. The molecule has 1 aliphatic heterocycles. The fourth-order valence-corrected chi connectivity index (χ4v) is 7.64. The number of ether oxygens (including phenoxy) is 1. The second-order valence-electron chi connectivity index (χ2n) is 12.5. The summed E-state index contributed by atoms with van der Waals surface area (Å²) in [6, 6.07) is 4.90. The Morgan fingerprint density at radius 2 is 1.82 bits per heavy atom. The van der Waals surface area contributed by atoms with E-state index < -0.39 is 45.7 Å². The number of fused-ring (bicyclic) bond motifs is 2. The van der Waals surface area contributed by atoms with Crippen molar-refractivity contribution in [3.63, 3.8) is 0 Å². The lowest BCUT2D eigenvalue weighted by Gasteiger charge is -2.42. The monoisotopic (exact) mass is 646 g/mol. The second kappa shape index (κ2) is 10.4. The van der Waals surface area contributed by atoms with Crippen molar-refractivity contribution in [3.8, 4) is 5.88 Å². The molecular weight excluding hydrogens is 613 g/mol. The largest absolute Gasteiger partial charge is 0.481 e. The Morgan fingerprint density at radius 3 is 2.47 bits per heavy atom. The van der Waals surface area contributed by atoms with Crippen molar-refractivity contribution in [1.82, 2.24) is 28.9 Å². The molecule has 0 radical (unpaired) electrons. The van der Waals surface area contributed by atoms with Gasteiger partial charge >= 0.3 is 12.1 Å². The Labute approximate surface area is 258 Å². The molecule has 240 valence electrons. The number of halogens is 3. The molecule has 45 heavy (non-hydrogen) atoms. The minimum atomic E-state index is -4.73. The van der Waals surface area contributed by atoms with E-state index in [1.807, 2.05) is 0 Å². The molecule has 1 atom stereocenters. The van der Waals surface area contributed by atoms with Gasteiger partial charge < -0.3 is 9.84 Å². The van der Waals surface area contributed by atoms with Crippen LogP contribution in [0, 0.1) is 26.2 Å². The SMILES string of the molecule is Cc1cnc2c(c1)S(O)(O)N(Cc1cc(C(c3ccn4c(C(F)(F)F)nnc4c3C)C(C)(C)C(=O)O)cnc1C)CC1(CC1)O2. The summed E-state index contributed by atoms with van der Waals surface area (Å²) in [5.41, 5.74) is 1.16. The number of rotatable bonds is 6. The van der Waals surface area contributed by atoms with Crippen molar-refractivity contribution >= 4 is 22.4 Å². The third kappa shape index (κ3) is 5.30. The van der Waals surface area contributed by atoms with Gasteiger partial charge in [0.15, 0.2) is 5.65 Å². The van der Waals surface area contributed by atoms with Gasteiger partial charge in [0.05, 0.1) is 12.0 Å². The van der Waals surface area contributed by atoms with Gasteiger partial charge in [0.25, 0.3) is 0 Å². The van der Waals surface area contributed by atoms with Crippen LogP contribution in [0.5, 0.6) is 5.88 Å². The average Bonchev–Trinajstić information content (AvgIpc) is 3.56. The van der Waals surface area contributed by atoms with Crippen LogP contribution in [0.25, 0.3) is 5.65 Å². The highest BCUT2D eigenvalue weighted by molar-refractivity contribution is 8.22. The van der Waals surface area contributed by atoms with Crippen LogP contribution in [0.15, 0.2) is 41.7 Å². The first-order valence-corrected chi connectivity index (χ1v) is 15.7. The van der Waals surface area contributed by atoms with Crippen LogP contribution in [0.2, 0.25) is 0 Å². The van der Waals surface area contributed by atoms with E-state index >= 15 is 0 Å². The molecule has 4 aromatic heterocycles. The zero-order valence-corrected chi connectivity index (χ0v) is 26.1. The third-order valence-electron chi connectivity index (χ3n) is 8.79. The van der Waals surface area contributed by atoms with Crippen LogP contribution in [-0.2, 0) is 17.5 Å². The summed E-state index contributed by atoms with van der Waals surface area (Å²) in [6.07, 6.45) is 1.08. The Hall–Kier alpha value is -3.79. The lowest BCUT2D eigenvalue weighted by molar-refractivity contribution is -0.147. The highest BCUT2D eigenvalue weighted by Crippen LogP contribution is 2.61. The van der Waals surface area contributed by atoms with Gasteiger partial charge in [0, 0.05) is 36.7 Å². The van der Waals surface area contributed by atoms with Crippen molar-refractivity contribution in [2.24, 2.45) is 5.41 Å². The Bertz CT molecular complexity index is 1840. The topological polar surface area (TPSA) is 146 Å². The second-order valence-corrected chi connectivity index (χ2v) is 14.5. The summed E-state index contributed by atoms with van der Waals surface area (Å²) in [4.78, 5) is 21.8. The van der Waals surface area contributed by atoms with E-state index in [-0.39, 0.29) is 29.5 Å². The van der Waals surface area contributed by atoms with Crippen LogP contribution in [0.3, 0.4) is 0 Å². The maximum Gasteiger partial charge on any atom is 0.452 e. The predicted octanol–water partition coefficient (Wildman–Crippen LogP) is 6.16. The van der Waals surface area contributed by atoms with Gasteiger partial charge in [-0.3, -0.25) is 23.3 Å². The van der Waals surface area contributed by atoms with Gasteiger partial charge in [-0.05, 0) is 87.4 Å². The van der Waals surface area contributed by atoms with E-state index in [2.05, 4.69) is 20.2 Å². The van der Waals surface area contributed by atoms with Gasteiger partial charge in [-0.25, -0.2) is 4.98 Å². The van der Waals surface area contributed by atoms with E-state index in [1.165, 1.54) is 12.3 Å². The van der Waals surface area contributed by atoms with Gasteiger partial charge in [-0.15, -0.1) is 21.0 Å². The first kappa shape index (κ1) is 31.2. The molecule has 5 heterocycles. The first-order valence-electron chi connectivity index (χ1n) is 14.2. The lowest BCUT2D eigenvalue weighted by atomic mass is 9.70. The van der Waals surface area contributed by atoms with E-state index in [0.29, 0.717) is 27.9 Å². The molecule has 1 saturated carbocycles. The fraction of sp³-hybridized carbons (Fsp3) is 0.433. The van der Waals surface area contributed by atoms with Gasteiger partial charge in [0.2, 0.25) is 11.7 Å². The number of nitrogens with zero attached hydrogens (tertiary/aromatic N) is 6. The molecule has 2 aliphatic rings. The summed E-state index contributed by atoms with van der Waals surface area (Å²) < 4.78 is 72.5. The number of pyridine rings is 3. The number of hydrogen-bond donors (Lipinski definition) is 3. The number of carboxylic acids is 1. The molecule has 0 saturated heterocycles. The number of carbonyl (C=O) groups is 1. The normalized spacial score (nSPS) is 19.1. The lowest BCUT2D eigenvalue weighted by Crippen LogP contribution is -2.36. The molecule has 0 aromatic carbocycles. The Kier molecular flexibility index (Phi) is 7.19. The summed E-state index contributed by atoms with van der Waals surface area (Å²) >= 11 is 0. The minimum Gasteiger partial charge on any atom is -0.481 e. The number of hydrogen-bond acceptors (Lipinski definition) is 9. The third-order valence-corrected chi connectivity index (χ3v) is 10.7. The number of aryl methyl sites for hydroxylation is 3. The van der Waals surface area contributed by atoms with Crippen LogP contribution >= 0.6 is 10.8 Å². The van der Waals surface area contributed by atoms with Gasteiger partial charge in [0.1, 0.15) is 10.5 Å². The molecule has 1 spiro atoms. The van der Waals surface area contributed by atoms with Crippen molar-refractivity contribution in [2.45, 2.75) is 76.6 Å². The smallest absolute Gasteiger partial charge is 0.452 e. The number of aromatic nitrogens is 5. The molecule has 6 rings (SSSR count). The molecule has 3 N–H and O–H groups in total. The quantitative estimate of drug-likeness (QED) is 0.223. The molecule has 1 aliphatic carbocycles. The minimum absolute atomic E-state index is 0.0397. The van der Waals surface area contributed by atoms with Crippen LogP contribution in [-0.4, -0.2) is 61.2 Å². The van der Waals surface area contributed by atoms with E-state index in [4.69, 9.17) is 4.74 Å². The Morgan fingerprint density at radius 1 is 1.11 bits per heavy atom. The number of carboxylic acid groups (broad SMARTS) is 1. The fourth-order valence-electron chi connectivity index (χ4n) is 5.95. The van der Waals surface area contributed by atoms with Crippen molar-refractivity contribution < 1.29 is 36.9 Å². The van der Waals surface area contributed by atoms with E-state index in [1.54, 1.807) is 63.5 Å². The maximum absolute atomic E-state index is 13.6. The van der Waals surface area contributed by atoms with Gasteiger partial charge in [-0.2, -0.15) is 17.5 Å². The molecule has 1 unspecified atom stereocenters. The number of alkyl halides is 3. The highest BCUT2D eigenvalue weighted by Gasteiger charge is 2.52. The van der Waals surface area contributed by atoms with E-state index in [9.17, 15) is 32.2 Å². The molecule has 0 bridgehead atoms. The van der Waals surface area contributed by atoms with Gasteiger partial charge in [-0.1, -0.05) is 6.07 Å². The standard InChI is InChI=1S/C30H33F3N6O5S/c1-16-10-22-25(35-12-16)44-29(7-8-29)15-38(45(22,42)43)14-20-11-19(13-34-18(20)3)23(28(4,5)27(40)41)21-6-9-39-24(17(21)2)36-37-26(39)30(31,32)33/h6,9-13,23,42-43H,7-8,14-15H2,1-5H3,(H,40,41). The zero-order chi connectivity index (χ0) is 32.7. The molecule has 1 fully saturated rings. The molecular formula is C30H33F3N6O5S. The summed E-state index contributed by atoms with van der Waals surface area (Å²) in [6.45, 7) is 8.53. The van der Waals surface area contributed by atoms with Crippen LogP contribution in [0.4, 0.5) is 13.2 Å². The average molecular weight is 647 g/mol. The van der Waals surface area contributed by atoms with E-state index in [0.717, 1.165) is 22.8 Å². The Balaban J connectivity index is 1.45. The molecule has 4 aromatic rings. The first-order chi connectivity index (χ1) is 20.9. The maximum atomic E-state index is 13.6. The number of aliphatic carboxylic acids is 1. The molecule has 0 amide bonds. The van der Waals surface area contributed by atoms with Crippen molar-refractivity contribution in [1.29, 1.82) is 0 Å². The van der Waals surface area contributed by atoms with Crippen LogP contribution < -0.4 is 4.74 Å². The summed E-state index contributed by atoms with van der Waals surface area (Å²) in [5.74, 6) is -2.98. The zero-order valence-electron chi connectivity index (χ0n) is 25.3. The van der Waals surface area contributed by atoms with Crippen LogP contribution in [0.1, 0.15) is 71.9 Å². The summed E-state index contributed by atoms with van der Waals surface area (Å²) in [5, 5.41) is 17.4. The van der Waals surface area contributed by atoms with Crippen molar-refractivity contribution in [2.75, 3.05) is 6.54 Å². The van der Waals surface area contributed by atoms with Crippen molar-refractivity contribution in [3.05, 3.63) is 76.1 Å². The predicted molar refractivity (Wildman–Crippen MR) is 158 cm³/mol. The molecule has 11 nitrogen and oxygen atoms in total. The highest BCUT2D eigenvalue weighted by atomic mass is 32.3.